The van der Waals surface area contributed by atoms with Gasteiger partial charge in [0.15, 0.2) is 0 Å². The van der Waals surface area contributed by atoms with Gasteiger partial charge in [-0.3, -0.25) is 9.97 Å². The molecule has 80 valence electrons. The Morgan fingerprint density at radius 2 is 1.25 bits per heavy atom. The van der Waals surface area contributed by atoms with Crippen molar-refractivity contribution in [3.05, 3.63) is 47.8 Å². The Morgan fingerprint density at radius 1 is 0.812 bits per heavy atom. The molecule has 0 saturated carbocycles. The Hall–Kier alpha value is -1.70. The minimum atomic E-state index is 0.514. The molecule has 0 bridgehead atoms. The van der Waals surface area contributed by atoms with E-state index in [0.717, 1.165) is 11.4 Å². The highest BCUT2D eigenvalue weighted by Gasteiger charge is 2.28. The fraction of sp³-hybridized carbons (Fsp3) is 0.286. The van der Waals surface area contributed by atoms with Crippen LogP contribution in [0.3, 0.4) is 0 Å². The van der Waals surface area contributed by atoms with Gasteiger partial charge in [-0.2, -0.15) is 0 Å². The van der Waals surface area contributed by atoms with Gasteiger partial charge in [0.1, 0.15) is 0 Å². The summed E-state index contributed by atoms with van der Waals surface area (Å²) in [7, 11) is 0. The first kappa shape index (κ1) is 9.52. The smallest absolute Gasteiger partial charge is 0.0923 e. The topological polar surface area (TPSA) is 25.8 Å². The SMILES string of the molecule is C[C@@H]1c2cccnc2-c2ncccc2[C@@H]1C. The first-order valence-electron chi connectivity index (χ1n) is 5.69. The van der Waals surface area contributed by atoms with Crippen LogP contribution in [0.4, 0.5) is 0 Å². The maximum atomic E-state index is 4.48. The average molecular weight is 210 g/mol. The summed E-state index contributed by atoms with van der Waals surface area (Å²) in [5.41, 5.74) is 4.76. The molecule has 3 rings (SSSR count). The zero-order valence-corrected chi connectivity index (χ0v) is 9.51. The minimum absolute atomic E-state index is 0.514. The van der Waals surface area contributed by atoms with Crippen LogP contribution in [-0.4, -0.2) is 9.97 Å². The van der Waals surface area contributed by atoms with Crippen LogP contribution in [0, 0.1) is 0 Å². The highest BCUT2D eigenvalue weighted by Crippen LogP contribution is 2.43. The van der Waals surface area contributed by atoms with Gasteiger partial charge in [-0.25, -0.2) is 0 Å². The summed E-state index contributed by atoms with van der Waals surface area (Å²) in [4.78, 5) is 8.97. The van der Waals surface area contributed by atoms with E-state index in [1.807, 2.05) is 24.5 Å². The molecule has 2 atom stereocenters. The Bertz CT molecular complexity index is 484. The molecule has 2 heteroatoms. The van der Waals surface area contributed by atoms with Crippen molar-refractivity contribution in [3.63, 3.8) is 0 Å². The molecule has 0 amide bonds. The van der Waals surface area contributed by atoms with Gasteiger partial charge in [0, 0.05) is 12.4 Å². The number of rotatable bonds is 0. The second-order valence-electron chi connectivity index (χ2n) is 4.46. The molecule has 0 saturated heterocycles. The molecule has 0 unspecified atom stereocenters. The molecule has 0 N–H and O–H groups in total. The largest absolute Gasteiger partial charge is 0.254 e. The Balaban J connectivity index is 2.33. The van der Waals surface area contributed by atoms with Gasteiger partial charge in [-0.1, -0.05) is 26.0 Å². The van der Waals surface area contributed by atoms with Gasteiger partial charge in [0.2, 0.25) is 0 Å². The lowest BCUT2D eigenvalue weighted by atomic mass is 9.77. The third-order valence-electron chi connectivity index (χ3n) is 3.63. The maximum absolute atomic E-state index is 4.48. The average Bonchev–Trinajstić information content (AvgIpc) is 2.36. The first-order valence-corrected chi connectivity index (χ1v) is 5.69. The molecular weight excluding hydrogens is 196 g/mol. The molecule has 2 heterocycles. The predicted octanol–water partition coefficient (Wildman–Crippen LogP) is 3.36. The molecule has 0 radical (unpaired) electrons. The summed E-state index contributed by atoms with van der Waals surface area (Å²) in [5, 5.41) is 0. The predicted molar refractivity (Wildman–Crippen MR) is 64.3 cm³/mol. The molecule has 1 aliphatic carbocycles. The quantitative estimate of drug-likeness (QED) is 0.666. The van der Waals surface area contributed by atoms with E-state index in [1.165, 1.54) is 11.1 Å². The van der Waals surface area contributed by atoms with Crippen molar-refractivity contribution in [2.24, 2.45) is 0 Å². The molecule has 2 aromatic heterocycles. The van der Waals surface area contributed by atoms with Gasteiger partial charge in [0.25, 0.3) is 0 Å². The molecule has 1 aliphatic rings. The Kier molecular flexibility index (Phi) is 2.03. The van der Waals surface area contributed by atoms with E-state index in [9.17, 15) is 0 Å². The Morgan fingerprint density at radius 3 is 1.69 bits per heavy atom. The van der Waals surface area contributed by atoms with Crippen LogP contribution in [0.2, 0.25) is 0 Å². The zero-order valence-electron chi connectivity index (χ0n) is 9.51. The van der Waals surface area contributed by atoms with E-state index in [2.05, 4.69) is 35.9 Å². The molecule has 0 aromatic carbocycles. The van der Waals surface area contributed by atoms with Gasteiger partial charge in [-0.05, 0) is 35.1 Å². The molecule has 16 heavy (non-hydrogen) atoms. The van der Waals surface area contributed by atoms with E-state index < -0.39 is 0 Å². The number of nitrogens with zero attached hydrogens (tertiary/aromatic N) is 2. The summed E-state index contributed by atoms with van der Waals surface area (Å²) in [5.74, 6) is 1.03. The van der Waals surface area contributed by atoms with Crippen LogP contribution >= 0.6 is 0 Å². The zero-order chi connectivity index (χ0) is 11.1. The van der Waals surface area contributed by atoms with Crippen LogP contribution in [0.15, 0.2) is 36.7 Å². The second kappa shape index (κ2) is 3.41. The first-order chi connectivity index (χ1) is 7.79. The standard InChI is InChI=1S/C14H14N2/c1-9-10(2)12-6-4-8-16-14(12)13-11(9)5-3-7-15-13/h3-10H,1-2H3/t9-,10+. The normalized spacial score (nSPS) is 22.4. The van der Waals surface area contributed by atoms with Crippen molar-refractivity contribution in [1.82, 2.24) is 9.97 Å². The monoisotopic (exact) mass is 210 g/mol. The number of hydrogen-bond donors (Lipinski definition) is 0. The van der Waals surface area contributed by atoms with Gasteiger partial charge < -0.3 is 0 Å². The highest BCUT2D eigenvalue weighted by molar-refractivity contribution is 5.67. The summed E-state index contributed by atoms with van der Waals surface area (Å²) < 4.78 is 0. The maximum Gasteiger partial charge on any atom is 0.0923 e. The number of hydrogen-bond acceptors (Lipinski definition) is 2. The molecule has 0 aliphatic heterocycles. The highest BCUT2D eigenvalue weighted by atomic mass is 14.8. The molecule has 2 nitrogen and oxygen atoms in total. The van der Waals surface area contributed by atoms with E-state index in [-0.39, 0.29) is 0 Å². The lowest BCUT2D eigenvalue weighted by Gasteiger charge is -2.29. The number of fused-ring (bicyclic) bond motifs is 3. The molecule has 0 fully saturated rings. The van der Waals surface area contributed by atoms with Crippen LogP contribution in [0.1, 0.15) is 36.8 Å². The summed E-state index contributed by atoms with van der Waals surface area (Å²) >= 11 is 0. The fourth-order valence-electron chi connectivity index (χ4n) is 2.50. The number of aromatic nitrogens is 2. The van der Waals surface area contributed by atoms with Crippen LogP contribution in [0.5, 0.6) is 0 Å². The van der Waals surface area contributed by atoms with Gasteiger partial charge >= 0.3 is 0 Å². The van der Waals surface area contributed by atoms with E-state index in [4.69, 9.17) is 0 Å². The van der Waals surface area contributed by atoms with Crippen molar-refractivity contribution in [3.8, 4) is 11.4 Å². The van der Waals surface area contributed by atoms with Gasteiger partial charge in [-0.15, -0.1) is 0 Å². The molecular formula is C14H14N2. The lowest BCUT2D eigenvalue weighted by Crippen LogP contribution is -2.14. The number of pyridine rings is 2. The van der Waals surface area contributed by atoms with E-state index in [1.54, 1.807) is 0 Å². The molecule has 2 aromatic rings. The van der Waals surface area contributed by atoms with Crippen LogP contribution < -0.4 is 0 Å². The second-order valence-corrected chi connectivity index (χ2v) is 4.46. The van der Waals surface area contributed by atoms with Crippen molar-refractivity contribution >= 4 is 0 Å². The van der Waals surface area contributed by atoms with Gasteiger partial charge in [0.05, 0.1) is 11.4 Å². The van der Waals surface area contributed by atoms with Crippen LogP contribution in [-0.2, 0) is 0 Å². The fourth-order valence-corrected chi connectivity index (χ4v) is 2.50. The molecule has 0 spiro atoms. The Labute approximate surface area is 95.4 Å². The van der Waals surface area contributed by atoms with Crippen molar-refractivity contribution in [1.29, 1.82) is 0 Å². The lowest BCUT2D eigenvalue weighted by molar-refractivity contribution is 0.610. The summed E-state index contributed by atoms with van der Waals surface area (Å²) in [6.45, 7) is 4.53. The third kappa shape index (κ3) is 1.19. The van der Waals surface area contributed by atoms with Crippen molar-refractivity contribution in [2.45, 2.75) is 25.7 Å². The third-order valence-corrected chi connectivity index (χ3v) is 3.63. The van der Waals surface area contributed by atoms with E-state index >= 15 is 0 Å². The van der Waals surface area contributed by atoms with Crippen LogP contribution in [0.25, 0.3) is 11.4 Å². The van der Waals surface area contributed by atoms with Crippen molar-refractivity contribution < 1.29 is 0 Å². The van der Waals surface area contributed by atoms with Crippen molar-refractivity contribution in [2.75, 3.05) is 0 Å². The summed E-state index contributed by atoms with van der Waals surface area (Å²) in [6.07, 6.45) is 3.69. The summed E-state index contributed by atoms with van der Waals surface area (Å²) in [6, 6.07) is 8.36. The van der Waals surface area contributed by atoms with E-state index in [0.29, 0.717) is 11.8 Å². The minimum Gasteiger partial charge on any atom is -0.254 e.